The van der Waals surface area contributed by atoms with Crippen LogP contribution in [-0.2, 0) is 17.8 Å². The Morgan fingerprint density at radius 2 is 1.77 bits per heavy atom. The lowest BCUT2D eigenvalue weighted by Crippen LogP contribution is -2.50. The largest absolute Gasteiger partial charge is 0.497 e. The molecule has 0 bridgehead atoms. The van der Waals surface area contributed by atoms with Gasteiger partial charge in [0, 0.05) is 55.0 Å². The van der Waals surface area contributed by atoms with Crippen LogP contribution in [0.2, 0.25) is 0 Å². The van der Waals surface area contributed by atoms with Crippen LogP contribution in [0.15, 0.2) is 42.5 Å². The Kier molecular flexibility index (Phi) is 7.76. The van der Waals surface area contributed by atoms with E-state index >= 15 is 0 Å². The van der Waals surface area contributed by atoms with Gasteiger partial charge in [-0.15, -0.1) is 0 Å². The number of carbonyl (C=O) groups excluding carboxylic acids is 2. The van der Waals surface area contributed by atoms with Crippen LogP contribution in [0.25, 0.3) is 10.9 Å². The van der Waals surface area contributed by atoms with Crippen LogP contribution in [0.5, 0.6) is 5.75 Å². The number of para-hydroxylation sites is 1. The highest BCUT2D eigenvalue weighted by molar-refractivity contribution is 6.09. The summed E-state index contributed by atoms with van der Waals surface area (Å²) < 4.78 is 7.67. The molecule has 1 aromatic heterocycles. The van der Waals surface area contributed by atoms with Crippen molar-refractivity contribution in [1.29, 1.82) is 0 Å². The minimum Gasteiger partial charge on any atom is -0.497 e. The summed E-state index contributed by atoms with van der Waals surface area (Å²) in [7, 11) is 1.65. The summed E-state index contributed by atoms with van der Waals surface area (Å²) >= 11 is 0. The fourth-order valence-corrected chi connectivity index (χ4v) is 4.98. The van der Waals surface area contributed by atoms with Crippen molar-refractivity contribution >= 4 is 28.4 Å². The Balaban J connectivity index is 1.44. The third-order valence-electron chi connectivity index (χ3n) is 6.89. The number of rotatable bonds is 8. The highest BCUT2D eigenvalue weighted by Crippen LogP contribution is 2.31. The van der Waals surface area contributed by atoms with Crippen molar-refractivity contribution in [2.24, 2.45) is 0 Å². The van der Waals surface area contributed by atoms with Crippen LogP contribution < -0.4 is 10.1 Å². The van der Waals surface area contributed by atoms with Crippen molar-refractivity contribution in [3.05, 3.63) is 59.3 Å². The molecule has 7 nitrogen and oxygen atoms in total. The van der Waals surface area contributed by atoms with E-state index in [1.54, 1.807) is 7.11 Å². The molecule has 1 N–H and O–H groups in total. The lowest BCUT2D eigenvalue weighted by atomic mass is 10.1. The summed E-state index contributed by atoms with van der Waals surface area (Å²) in [6, 6.07) is 13.9. The molecule has 0 unspecified atom stereocenters. The zero-order chi connectivity index (χ0) is 24.9. The van der Waals surface area contributed by atoms with Crippen LogP contribution in [0.4, 0.5) is 5.69 Å². The minimum absolute atomic E-state index is 0.0174. The summed E-state index contributed by atoms with van der Waals surface area (Å²) in [5.74, 6) is 0.786. The first kappa shape index (κ1) is 24.8. The summed E-state index contributed by atoms with van der Waals surface area (Å²) in [6.45, 7) is 9.99. The molecule has 0 atom stereocenters. The Bertz CT molecular complexity index is 1210. The van der Waals surface area contributed by atoms with Crippen molar-refractivity contribution in [3.8, 4) is 5.75 Å². The smallest absolute Gasteiger partial charge is 0.256 e. The number of methoxy groups -OCH3 is 1. The molecule has 2 aromatic carbocycles. The number of fused-ring (bicyclic) bond motifs is 1. The Labute approximate surface area is 207 Å². The third-order valence-corrected chi connectivity index (χ3v) is 6.89. The molecule has 1 fully saturated rings. The number of hydrogen-bond donors (Lipinski definition) is 1. The Morgan fingerprint density at radius 3 is 2.46 bits per heavy atom. The maximum atomic E-state index is 13.7. The summed E-state index contributed by atoms with van der Waals surface area (Å²) in [4.78, 5) is 30.3. The SMILES string of the molecule is CCCn1c(C)c(C(=O)N2CCN(CC(=O)Nc3ccccc3CC)CC2)c2cc(OC)ccc21. The van der Waals surface area contributed by atoms with E-state index in [0.717, 1.165) is 58.5 Å². The lowest BCUT2D eigenvalue weighted by molar-refractivity contribution is -0.117. The maximum Gasteiger partial charge on any atom is 0.256 e. The van der Waals surface area contributed by atoms with E-state index in [0.29, 0.717) is 32.7 Å². The molecule has 2 heterocycles. The third kappa shape index (κ3) is 5.20. The molecule has 3 aromatic rings. The molecular weight excluding hydrogens is 440 g/mol. The number of nitrogens with zero attached hydrogens (tertiary/aromatic N) is 3. The Morgan fingerprint density at radius 1 is 1.03 bits per heavy atom. The van der Waals surface area contributed by atoms with E-state index in [2.05, 4.69) is 28.6 Å². The molecule has 0 saturated carbocycles. The average molecular weight is 477 g/mol. The first-order valence-corrected chi connectivity index (χ1v) is 12.5. The predicted octanol–water partition coefficient (Wildman–Crippen LogP) is 4.33. The van der Waals surface area contributed by atoms with E-state index in [9.17, 15) is 9.59 Å². The first-order chi connectivity index (χ1) is 17.0. The standard InChI is InChI=1S/C28H36N4O3/c1-5-13-32-20(3)27(23-18-22(35-4)11-12-25(23)32)28(34)31-16-14-30(15-17-31)19-26(33)29-24-10-8-7-9-21(24)6-2/h7-12,18H,5-6,13-17,19H2,1-4H3,(H,29,33). The van der Waals surface area contributed by atoms with Gasteiger partial charge in [-0.1, -0.05) is 32.0 Å². The number of piperazine rings is 1. The topological polar surface area (TPSA) is 66.8 Å². The van der Waals surface area contributed by atoms with Crippen LogP contribution in [0.3, 0.4) is 0 Å². The van der Waals surface area contributed by atoms with Crippen molar-refractivity contribution in [3.63, 3.8) is 0 Å². The molecule has 186 valence electrons. The molecule has 1 aliphatic rings. The summed E-state index contributed by atoms with van der Waals surface area (Å²) in [5, 5.41) is 3.99. The second kappa shape index (κ2) is 11.0. The van der Waals surface area contributed by atoms with Crippen molar-refractivity contribution in [2.75, 3.05) is 45.2 Å². The monoisotopic (exact) mass is 476 g/mol. The summed E-state index contributed by atoms with van der Waals surface area (Å²) in [5.41, 5.74) is 4.83. The molecule has 7 heteroatoms. The molecule has 1 aliphatic heterocycles. The number of aryl methyl sites for hydroxylation is 2. The Hall–Kier alpha value is -3.32. The number of benzene rings is 2. The van der Waals surface area contributed by atoms with E-state index in [1.807, 2.05) is 54.3 Å². The number of ether oxygens (including phenoxy) is 1. The summed E-state index contributed by atoms with van der Waals surface area (Å²) in [6.07, 6.45) is 1.87. The quantitative estimate of drug-likeness (QED) is 0.526. The van der Waals surface area contributed by atoms with Crippen LogP contribution in [-0.4, -0.2) is 66.0 Å². The first-order valence-electron chi connectivity index (χ1n) is 12.5. The van der Waals surface area contributed by atoms with Gasteiger partial charge in [0.05, 0.1) is 19.2 Å². The second-order valence-corrected chi connectivity index (χ2v) is 9.12. The lowest BCUT2D eigenvalue weighted by Gasteiger charge is -2.34. The normalized spacial score (nSPS) is 14.3. The van der Waals surface area contributed by atoms with Gasteiger partial charge >= 0.3 is 0 Å². The molecule has 4 rings (SSSR count). The number of hydrogen-bond acceptors (Lipinski definition) is 4. The average Bonchev–Trinajstić information content (AvgIpc) is 3.14. The van der Waals surface area contributed by atoms with Gasteiger partial charge in [-0.05, 0) is 49.6 Å². The van der Waals surface area contributed by atoms with Gasteiger partial charge in [0.25, 0.3) is 5.91 Å². The number of aromatic nitrogens is 1. The fraction of sp³-hybridized carbons (Fsp3) is 0.429. The van der Waals surface area contributed by atoms with Gasteiger partial charge in [-0.25, -0.2) is 0 Å². The van der Waals surface area contributed by atoms with Gasteiger partial charge in [0.2, 0.25) is 5.91 Å². The van der Waals surface area contributed by atoms with Gasteiger partial charge in [-0.2, -0.15) is 0 Å². The number of anilines is 1. The van der Waals surface area contributed by atoms with E-state index < -0.39 is 0 Å². The van der Waals surface area contributed by atoms with Crippen LogP contribution in [0, 0.1) is 6.92 Å². The van der Waals surface area contributed by atoms with E-state index in [-0.39, 0.29) is 11.8 Å². The van der Waals surface area contributed by atoms with Gasteiger partial charge in [-0.3, -0.25) is 14.5 Å². The zero-order valence-electron chi connectivity index (χ0n) is 21.3. The zero-order valence-corrected chi connectivity index (χ0v) is 21.3. The molecule has 0 radical (unpaired) electrons. The van der Waals surface area contributed by atoms with E-state index in [4.69, 9.17) is 4.74 Å². The fourth-order valence-electron chi connectivity index (χ4n) is 4.98. The van der Waals surface area contributed by atoms with Crippen LogP contribution in [0.1, 0.15) is 41.9 Å². The molecular formula is C28H36N4O3. The maximum absolute atomic E-state index is 13.7. The molecule has 2 amide bonds. The molecule has 1 saturated heterocycles. The van der Waals surface area contributed by atoms with Crippen molar-refractivity contribution in [1.82, 2.24) is 14.4 Å². The molecule has 0 spiro atoms. The number of carbonyl (C=O) groups is 2. The van der Waals surface area contributed by atoms with Gasteiger partial charge in [0.1, 0.15) is 5.75 Å². The van der Waals surface area contributed by atoms with Gasteiger partial charge < -0.3 is 19.5 Å². The second-order valence-electron chi connectivity index (χ2n) is 9.12. The molecule has 35 heavy (non-hydrogen) atoms. The van der Waals surface area contributed by atoms with Gasteiger partial charge in [0.15, 0.2) is 0 Å². The molecule has 0 aliphatic carbocycles. The number of nitrogens with one attached hydrogen (secondary N) is 1. The van der Waals surface area contributed by atoms with E-state index in [1.165, 1.54) is 0 Å². The van der Waals surface area contributed by atoms with Crippen molar-refractivity contribution in [2.45, 2.75) is 40.2 Å². The predicted molar refractivity (Wildman–Crippen MR) is 140 cm³/mol. The minimum atomic E-state index is -0.0174. The highest BCUT2D eigenvalue weighted by Gasteiger charge is 2.28. The highest BCUT2D eigenvalue weighted by atomic mass is 16.5. The number of amides is 2. The van der Waals surface area contributed by atoms with Crippen molar-refractivity contribution < 1.29 is 14.3 Å². The van der Waals surface area contributed by atoms with Crippen LogP contribution >= 0.6 is 0 Å².